The molecule has 1 aromatic carbocycles. The number of anilines is 1. The third kappa shape index (κ3) is 3.89. The van der Waals surface area contributed by atoms with Crippen molar-refractivity contribution in [2.45, 2.75) is 13.5 Å². The van der Waals surface area contributed by atoms with Crippen LogP contribution in [0.3, 0.4) is 0 Å². The van der Waals surface area contributed by atoms with Gasteiger partial charge in [-0.1, -0.05) is 23.2 Å². The van der Waals surface area contributed by atoms with Crippen molar-refractivity contribution in [3.63, 3.8) is 0 Å². The summed E-state index contributed by atoms with van der Waals surface area (Å²) in [5.74, 6) is 0.241. The number of aliphatic hydroxyl groups is 1. The van der Waals surface area contributed by atoms with Crippen LogP contribution in [0, 0.1) is 0 Å². The van der Waals surface area contributed by atoms with E-state index < -0.39 is 0 Å². The fraction of sp³-hybridized carbons (Fsp3) is 0.214. The highest BCUT2D eigenvalue weighted by Crippen LogP contribution is 2.32. The van der Waals surface area contributed by atoms with Crippen LogP contribution in [0.15, 0.2) is 24.3 Å². The second kappa shape index (κ2) is 7.13. The minimum atomic E-state index is -0.351. The van der Waals surface area contributed by atoms with Gasteiger partial charge in [-0.25, -0.2) is 0 Å². The summed E-state index contributed by atoms with van der Waals surface area (Å²) in [4.78, 5) is 12.1. The zero-order valence-electron chi connectivity index (χ0n) is 11.2. The van der Waals surface area contributed by atoms with E-state index in [0.717, 1.165) is 11.3 Å². The molecule has 0 radical (unpaired) electrons. The summed E-state index contributed by atoms with van der Waals surface area (Å²) in [7, 11) is 0. The highest BCUT2D eigenvalue weighted by molar-refractivity contribution is 7.20. The molecule has 0 bridgehead atoms. The molecule has 1 aromatic heterocycles. The highest BCUT2D eigenvalue weighted by Gasteiger charge is 2.15. The number of carbonyl (C=O) groups is 1. The number of hydrogen-bond acceptors (Lipinski definition) is 4. The minimum absolute atomic E-state index is 0.177. The molecule has 0 spiro atoms. The molecule has 2 rings (SSSR count). The third-order valence-corrected chi connectivity index (χ3v) is 4.18. The zero-order chi connectivity index (χ0) is 15.4. The van der Waals surface area contributed by atoms with Crippen LogP contribution >= 0.6 is 34.5 Å². The summed E-state index contributed by atoms with van der Waals surface area (Å²) in [5.41, 5.74) is 1.47. The lowest BCUT2D eigenvalue weighted by molar-refractivity contribution is 0.102. The molecule has 0 aliphatic rings. The highest BCUT2D eigenvalue weighted by atomic mass is 35.5. The van der Waals surface area contributed by atoms with Gasteiger partial charge < -0.3 is 15.2 Å². The molecule has 0 saturated carbocycles. The SMILES string of the molecule is CCOc1ccc(NC(=O)c2cc(Cl)sc2Cl)cc1CO. The van der Waals surface area contributed by atoms with Crippen molar-refractivity contribution in [1.82, 2.24) is 0 Å². The topological polar surface area (TPSA) is 58.6 Å². The molecule has 1 amide bonds. The molecule has 0 aliphatic carbocycles. The van der Waals surface area contributed by atoms with E-state index in [1.54, 1.807) is 18.2 Å². The monoisotopic (exact) mass is 345 g/mol. The fourth-order valence-corrected chi connectivity index (χ4v) is 3.23. The van der Waals surface area contributed by atoms with E-state index in [1.165, 1.54) is 6.07 Å². The minimum Gasteiger partial charge on any atom is -0.494 e. The standard InChI is InChI=1S/C14H13Cl2NO3S/c1-2-20-11-4-3-9(5-8(11)7-18)17-14(19)10-6-12(15)21-13(10)16/h3-6,18H,2,7H2,1H3,(H,17,19). The Kier molecular flexibility index (Phi) is 5.47. The molecule has 4 nitrogen and oxygen atoms in total. The first-order chi connectivity index (χ1) is 10.0. The van der Waals surface area contributed by atoms with Crippen molar-refractivity contribution in [3.8, 4) is 5.75 Å². The largest absolute Gasteiger partial charge is 0.494 e. The lowest BCUT2D eigenvalue weighted by atomic mass is 10.2. The predicted molar refractivity (Wildman–Crippen MR) is 85.8 cm³/mol. The van der Waals surface area contributed by atoms with Crippen LogP contribution in [0.2, 0.25) is 8.67 Å². The van der Waals surface area contributed by atoms with Gasteiger partial charge in [-0.05, 0) is 31.2 Å². The van der Waals surface area contributed by atoms with Gasteiger partial charge in [0.1, 0.15) is 10.1 Å². The van der Waals surface area contributed by atoms with Crippen molar-refractivity contribution in [2.75, 3.05) is 11.9 Å². The molecular formula is C14H13Cl2NO3S. The maximum Gasteiger partial charge on any atom is 0.258 e. The Morgan fingerprint density at radius 3 is 2.71 bits per heavy atom. The Hall–Kier alpha value is -1.27. The van der Waals surface area contributed by atoms with E-state index in [2.05, 4.69) is 5.32 Å². The van der Waals surface area contributed by atoms with Gasteiger partial charge in [-0.15, -0.1) is 11.3 Å². The molecule has 0 fully saturated rings. The second-order valence-electron chi connectivity index (χ2n) is 4.11. The number of thiophene rings is 1. The first kappa shape index (κ1) is 16.1. The van der Waals surface area contributed by atoms with E-state index >= 15 is 0 Å². The molecule has 0 unspecified atom stereocenters. The number of halogens is 2. The first-order valence-electron chi connectivity index (χ1n) is 6.18. The molecule has 2 N–H and O–H groups in total. The Morgan fingerprint density at radius 1 is 1.38 bits per heavy atom. The van der Waals surface area contributed by atoms with E-state index in [4.69, 9.17) is 27.9 Å². The van der Waals surface area contributed by atoms with Gasteiger partial charge in [0.15, 0.2) is 0 Å². The first-order valence-corrected chi connectivity index (χ1v) is 7.75. The number of ether oxygens (including phenoxy) is 1. The molecule has 21 heavy (non-hydrogen) atoms. The molecule has 0 saturated heterocycles. The van der Waals surface area contributed by atoms with Gasteiger partial charge in [-0.3, -0.25) is 4.79 Å². The van der Waals surface area contributed by atoms with Gasteiger partial charge in [-0.2, -0.15) is 0 Å². The molecule has 2 aromatic rings. The summed E-state index contributed by atoms with van der Waals surface area (Å²) in [6.07, 6.45) is 0. The second-order valence-corrected chi connectivity index (χ2v) is 6.39. The summed E-state index contributed by atoms with van der Waals surface area (Å²) in [6, 6.07) is 6.58. The Morgan fingerprint density at radius 2 is 2.14 bits per heavy atom. The van der Waals surface area contributed by atoms with E-state index in [0.29, 0.717) is 37.8 Å². The fourth-order valence-electron chi connectivity index (χ4n) is 1.77. The summed E-state index contributed by atoms with van der Waals surface area (Å²) in [5, 5.41) is 12.1. The Labute approximate surface area is 136 Å². The molecule has 7 heteroatoms. The van der Waals surface area contributed by atoms with Crippen LogP contribution < -0.4 is 10.1 Å². The molecule has 1 heterocycles. The van der Waals surface area contributed by atoms with E-state index in [-0.39, 0.29) is 12.5 Å². The maximum absolute atomic E-state index is 12.1. The van der Waals surface area contributed by atoms with Crippen LogP contribution in [0.25, 0.3) is 0 Å². The van der Waals surface area contributed by atoms with Crippen LogP contribution in [0.4, 0.5) is 5.69 Å². The average molecular weight is 346 g/mol. The van der Waals surface area contributed by atoms with Gasteiger partial charge in [0.25, 0.3) is 5.91 Å². The van der Waals surface area contributed by atoms with Crippen molar-refractivity contribution < 1.29 is 14.6 Å². The Bertz CT molecular complexity index is 658. The summed E-state index contributed by atoms with van der Waals surface area (Å²) in [6.45, 7) is 2.19. The lowest BCUT2D eigenvalue weighted by Gasteiger charge is -2.11. The number of hydrogen-bond donors (Lipinski definition) is 2. The van der Waals surface area contributed by atoms with E-state index in [1.807, 2.05) is 6.92 Å². The quantitative estimate of drug-likeness (QED) is 0.853. The van der Waals surface area contributed by atoms with E-state index in [9.17, 15) is 9.90 Å². The smallest absolute Gasteiger partial charge is 0.258 e. The normalized spacial score (nSPS) is 10.5. The molecule has 0 aliphatic heterocycles. The van der Waals surface area contributed by atoms with Gasteiger partial charge in [0.2, 0.25) is 0 Å². The van der Waals surface area contributed by atoms with Gasteiger partial charge in [0, 0.05) is 11.3 Å². The van der Waals surface area contributed by atoms with Crippen molar-refractivity contribution in [3.05, 3.63) is 44.1 Å². The number of nitrogens with one attached hydrogen (secondary N) is 1. The number of amides is 1. The van der Waals surface area contributed by atoms with Crippen LogP contribution in [-0.4, -0.2) is 17.6 Å². The number of carbonyl (C=O) groups excluding carboxylic acids is 1. The van der Waals surface area contributed by atoms with Crippen LogP contribution in [-0.2, 0) is 6.61 Å². The van der Waals surface area contributed by atoms with Gasteiger partial charge in [0.05, 0.1) is 23.1 Å². The Balaban J connectivity index is 2.19. The van der Waals surface area contributed by atoms with Gasteiger partial charge >= 0.3 is 0 Å². The van der Waals surface area contributed by atoms with Crippen LogP contribution in [0.5, 0.6) is 5.75 Å². The lowest BCUT2D eigenvalue weighted by Crippen LogP contribution is -2.11. The molecular weight excluding hydrogens is 333 g/mol. The number of rotatable bonds is 5. The third-order valence-electron chi connectivity index (χ3n) is 2.69. The summed E-state index contributed by atoms with van der Waals surface area (Å²) >= 11 is 12.9. The maximum atomic E-state index is 12.1. The molecule has 112 valence electrons. The number of benzene rings is 1. The van der Waals surface area contributed by atoms with Crippen molar-refractivity contribution in [1.29, 1.82) is 0 Å². The zero-order valence-corrected chi connectivity index (χ0v) is 13.5. The van der Waals surface area contributed by atoms with Crippen molar-refractivity contribution in [2.24, 2.45) is 0 Å². The summed E-state index contributed by atoms with van der Waals surface area (Å²) < 4.78 is 6.18. The number of aliphatic hydroxyl groups excluding tert-OH is 1. The molecule has 0 atom stereocenters. The predicted octanol–water partition coefficient (Wildman–Crippen LogP) is 4.20. The van der Waals surface area contributed by atoms with Crippen molar-refractivity contribution >= 4 is 46.1 Å². The van der Waals surface area contributed by atoms with Crippen LogP contribution in [0.1, 0.15) is 22.8 Å². The average Bonchev–Trinajstić information content (AvgIpc) is 2.79.